The zero-order valence-electron chi connectivity index (χ0n) is 10.3. The molecule has 3 nitrogen and oxygen atoms in total. The second kappa shape index (κ2) is 5.61. The molecule has 0 atom stereocenters. The third-order valence-electron chi connectivity index (χ3n) is 2.72. The Labute approximate surface area is 129 Å². The second-order valence-corrected chi connectivity index (χ2v) is 6.52. The fourth-order valence-corrected chi connectivity index (χ4v) is 3.23. The Hall–Kier alpha value is -0.560. The Balaban J connectivity index is 2.32. The van der Waals surface area contributed by atoms with Crippen LogP contribution in [-0.4, -0.2) is 9.78 Å². The van der Waals surface area contributed by atoms with Crippen molar-refractivity contribution in [3.05, 3.63) is 43.6 Å². The van der Waals surface area contributed by atoms with Crippen molar-refractivity contribution in [1.29, 1.82) is 0 Å². The molecule has 0 saturated carbocycles. The van der Waals surface area contributed by atoms with E-state index >= 15 is 0 Å². The second-order valence-electron chi connectivity index (χ2n) is 4.53. The van der Waals surface area contributed by atoms with E-state index in [4.69, 9.17) is 5.73 Å². The van der Waals surface area contributed by atoms with Gasteiger partial charge in [0.15, 0.2) is 0 Å². The highest BCUT2D eigenvalue weighted by molar-refractivity contribution is 14.1. The minimum Gasteiger partial charge on any atom is -0.383 e. The molecule has 0 saturated heterocycles. The lowest BCUT2D eigenvalue weighted by Gasteiger charge is -2.05. The highest BCUT2D eigenvalue weighted by atomic mass is 127. The van der Waals surface area contributed by atoms with Crippen LogP contribution in [0.25, 0.3) is 0 Å². The number of aromatic nitrogens is 2. The maximum absolute atomic E-state index is 6.11. The van der Waals surface area contributed by atoms with Crippen LogP contribution in [0.2, 0.25) is 0 Å². The van der Waals surface area contributed by atoms with Crippen LogP contribution in [-0.2, 0) is 6.54 Å². The van der Waals surface area contributed by atoms with E-state index < -0.39 is 0 Å². The lowest BCUT2D eigenvalue weighted by atomic mass is 10.1. The predicted molar refractivity (Wildman–Crippen MR) is 86.7 cm³/mol. The summed E-state index contributed by atoms with van der Waals surface area (Å²) in [7, 11) is 0. The molecule has 2 aromatic rings. The van der Waals surface area contributed by atoms with Gasteiger partial charge in [-0.3, -0.25) is 0 Å². The van der Waals surface area contributed by atoms with Gasteiger partial charge in [-0.2, -0.15) is 5.10 Å². The van der Waals surface area contributed by atoms with Crippen LogP contribution in [0.1, 0.15) is 31.0 Å². The monoisotopic (exact) mass is 419 g/mol. The van der Waals surface area contributed by atoms with Crippen LogP contribution in [0.15, 0.2) is 28.7 Å². The molecule has 18 heavy (non-hydrogen) atoms. The van der Waals surface area contributed by atoms with Crippen molar-refractivity contribution in [1.82, 2.24) is 9.78 Å². The molecule has 1 aromatic carbocycles. The number of nitrogens with zero attached hydrogens (tertiary/aromatic N) is 2. The third kappa shape index (κ3) is 2.88. The van der Waals surface area contributed by atoms with Gasteiger partial charge in [-0.25, -0.2) is 4.68 Å². The Kier molecular flexibility index (Phi) is 4.32. The first-order chi connectivity index (χ1) is 8.49. The van der Waals surface area contributed by atoms with Gasteiger partial charge in [0.1, 0.15) is 5.82 Å². The molecule has 0 bridgehead atoms. The minimum atomic E-state index is 0.392. The topological polar surface area (TPSA) is 43.8 Å². The summed E-state index contributed by atoms with van der Waals surface area (Å²) in [5.41, 5.74) is 8.37. The first kappa shape index (κ1) is 13.9. The van der Waals surface area contributed by atoms with E-state index in [0.29, 0.717) is 12.5 Å². The van der Waals surface area contributed by atoms with Crippen LogP contribution in [0, 0.1) is 3.57 Å². The molecule has 0 spiro atoms. The summed E-state index contributed by atoms with van der Waals surface area (Å²) in [5, 5.41) is 4.60. The fourth-order valence-electron chi connectivity index (χ4n) is 1.77. The number of nitrogen functional groups attached to an aromatic ring is 1. The third-order valence-corrected chi connectivity index (χ3v) is 4.32. The van der Waals surface area contributed by atoms with Crippen molar-refractivity contribution in [2.75, 3.05) is 5.73 Å². The van der Waals surface area contributed by atoms with Crippen molar-refractivity contribution >= 4 is 44.3 Å². The highest BCUT2D eigenvalue weighted by Gasteiger charge is 2.15. The van der Waals surface area contributed by atoms with E-state index in [1.165, 1.54) is 5.56 Å². The molecule has 0 amide bonds. The molecule has 0 radical (unpaired) electrons. The van der Waals surface area contributed by atoms with Crippen LogP contribution < -0.4 is 5.73 Å². The lowest BCUT2D eigenvalue weighted by Crippen LogP contribution is -2.06. The number of hydrogen-bond acceptors (Lipinski definition) is 2. The molecule has 1 aromatic heterocycles. The molecule has 0 aliphatic carbocycles. The Morgan fingerprint density at radius 2 is 2.17 bits per heavy atom. The SMILES string of the molecule is CC(C)c1nn(Cc2cccc(Br)c2)c(N)c1I. The molecule has 0 aliphatic heterocycles. The van der Waals surface area contributed by atoms with Gasteiger partial charge >= 0.3 is 0 Å². The molecule has 0 fully saturated rings. The molecule has 0 unspecified atom stereocenters. The Morgan fingerprint density at radius 1 is 1.44 bits per heavy atom. The van der Waals surface area contributed by atoms with Gasteiger partial charge in [0.25, 0.3) is 0 Å². The number of hydrogen-bond donors (Lipinski definition) is 1. The number of anilines is 1. The largest absolute Gasteiger partial charge is 0.383 e. The average molecular weight is 420 g/mol. The average Bonchev–Trinajstić information content (AvgIpc) is 2.58. The van der Waals surface area contributed by atoms with Crippen LogP contribution in [0.3, 0.4) is 0 Å². The van der Waals surface area contributed by atoms with E-state index in [1.807, 2.05) is 16.8 Å². The van der Waals surface area contributed by atoms with Crippen LogP contribution in [0.4, 0.5) is 5.82 Å². The first-order valence-corrected chi connectivity index (χ1v) is 7.62. The van der Waals surface area contributed by atoms with Gasteiger partial charge in [0.05, 0.1) is 15.8 Å². The summed E-state index contributed by atoms with van der Waals surface area (Å²) in [6.45, 7) is 4.97. The summed E-state index contributed by atoms with van der Waals surface area (Å²) in [5.74, 6) is 1.14. The number of halogens is 2. The zero-order chi connectivity index (χ0) is 13.3. The van der Waals surface area contributed by atoms with Crippen molar-refractivity contribution in [2.45, 2.75) is 26.3 Å². The van der Waals surface area contributed by atoms with E-state index in [9.17, 15) is 0 Å². The van der Waals surface area contributed by atoms with E-state index in [0.717, 1.165) is 19.6 Å². The molecule has 0 aliphatic rings. The number of nitrogens with two attached hydrogens (primary N) is 1. The number of rotatable bonds is 3. The molecule has 2 N–H and O–H groups in total. The molecule has 1 heterocycles. The summed E-state index contributed by atoms with van der Waals surface area (Å²) >= 11 is 5.75. The summed E-state index contributed by atoms with van der Waals surface area (Å²) < 4.78 is 4.01. The van der Waals surface area contributed by atoms with Crippen molar-refractivity contribution in [3.8, 4) is 0 Å². The summed E-state index contributed by atoms with van der Waals surface area (Å²) in [4.78, 5) is 0. The smallest absolute Gasteiger partial charge is 0.135 e. The highest BCUT2D eigenvalue weighted by Crippen LogP contribution is 2.26. The Bertz CT molecular complexity index is 563. The maximum atomic E-state index is 6.11. The van der Waals surface area contributed by atoms with E-state index in [-0.39, 0.29) is 0 Å². The van der Waals surface area contributed by atoms with Gasteiger partial charge in [-0.05, 0) is 46.2 Å². The molecular weight excluding hydrogens is 405 g/mol. The van der Waals surface area contributed by atoms with Crippen molar-refractivity contribution < 1.29 is 0 Å². The quantitative estimate of drug-likeness (QED) is 0.764. The van der Waals surface area contributed by atoms with Gasteiger partial charge in [-0.1, -0.05) is 41.9 Å². The van der Waals surface area contributed by atoms with Crippen molar-refractivity contribution in [2.24, 2.45) is 0 Å². The van der Waals surface area contributed by atoms with E-state index in [2.05, 4.69) is 69.6 Å². The molecular formula is C13H15BrIN3. The number of benzene rings is 1. The molecule has 96 valence electrons. The lowest BCUT2D eigenvalue weighted by molar-refractivity contribution is 0.664. The van der Waals surface area contributed by atoms with Crippen molar-refractivity contribution in [3.63, 3.8) is 0 Å². The summed E-state index contributed by atoms with van der Waals surface area (Å²) in [6.07, 6.45) is 0. The van der Waals surface area contributed by atoms with Gasteiger partial charge in [0.2, 0.25) is 0 Å². The normalized spacial score (nSPS) is 11.2. The Morgan fingerprint density at radius 3 is 2.72 bits per heavy atom. The zero-order valence-corrected chi connectivity index (χ0v) is 14.1. The fraction of sp³-hybridized carbons (Fsp3) is 0.308. The molecule has 5 heteroatoms. The van der Waals surface area contributed by atoms with Crippen LogP contribution >= 0.6 is 38.5 Å². The van der Waals surface area contributed by atoms with Gasteiger partial charge < -0.3 is 5.73 Å². The summed E-state index contributed by atoms with van der Waals surface area (Å²) in [6, 6.07) is 8.20. The maximum Gasteiger partial charge on any atom is 0.135 e. The van der Waals surface area contributed by atoms with Gasteiger partial charge in [0, 0.05) is 4.47 Å². The predicted octanol–water partition coefficient (Wildman–Crippen LogP) is 4.00. The standard InChI is InChI=1S/C13H15BrIN3/c1-8(2)12-11(15)13(16)18(17-12)7-9-4-3-5-10(14)6-9/h3-6,8H,7,16H2,1-2H3. The minimum absolute atomic E-state index is 0.392. The van der Waals surface area contributed by atoms with Crippen LogP contribution in [0.5, 0.6) is 0 Å². The van der Waals surface area contributed by atoms with Gasteiger partial charge in [-0.15, -0.1) is 0 Å². The molecule has 2 rings (SSSR count). The first-order valence-electron chi connectivity index (χ1n) is 5.75. The van der Waals surface area contributed by atoms with E-state index in [1.54, 1.807) is 0 Å².